The molecule has 0 fully saturated rings. The second kappa shape index (κ2) is 4.62. The number of aromatic nitrogens is 3. The van der Waals surface area contributed by atoms with Crippen molar-refractivity contribution in [2.45, 2.75) is 6.92 Å². The van der Waals surface area contributed by atoms with Gasteiger partial charge in [-0.1, -0.05) is 0 Å². The Morgan fingerprint density at radius 3 is 2.83 bits per heavy atom. The fourth-order valence-corrected chi connectivity index (χ4v) is 1.31. The van der Waals surface area contributed by atoms with Crippen molar-refractivity contribution in [1.82, 2.24) is 14.8 Å². The lowest BCUT2D eigenvalue weighted by atomic mass is 10.4. The van der Waals surface area contributed by atoms with Crippen molar-refractivity contribution in [1.29, 1.82) is 0 Å². The summed E-state index contributed by atoms with van der Waals surface area (Å²) in [5.74, 6) is -0.703. The molecule has 8 nitrogen and oxygen atoms in total. The lowest BCUT2D eigenvalue weighted by Gasteiger charge is -2.04. The summed E-state index contributed by atoms with van der Waals surface area (Å²) < 4.78 is 6.11. The molecule has 0 aliphatic rings. The highest BCUT2D eigenvalue weighted by atomic mass is 16.6. The quantitative estimate of drug-likeness (QED) is 0.458. The minimum Gasteiger partial charge on any atom is -0.401 e. The van der Waals surface area contributed by atoms with Crippen LogP contribution in [0, 0.1) is 10.1 Å². The van der Waals surface area contributed by atoms with Gasteiger partial charge in [-0.2, -0.15) is 10.1 Å². The van der Waals surface area contributed by atoms with Crippen LogP contribution in [0.25, 0.3) is 5.82 Å². The average molecular weight is 248 g/mol. The summed E-state index contributed by atoms with van der Waals surface area (Å²) in [4.78, 5) is 24.9. The largest absolute Gasteiger partial charge is 0.401 e. The molecule has 2 heterocycles. The van der Waals surface area contributed by atoms with Gasteiger partial charge in [-0.25, -0.2) is 4.68 Å². The Morgan fingerprint density at radius 2 is 2.28 bits per heavy atom. The van der Waals surface area contributed by atoms with E-state index in [1.165, 1.54) is 23.0 Å². The molecular formula is C10H8N4O4. The van der Waals surface area contributed by atoms with Gasteiger partial charge in [0.15, 0.2) is 5.82 Å². The van der Waals surface area contributed by atoms with E-state index in [1.54, 1.807) is 12.3 Å². The van der Waals surface area contributed by atoms with Crippen LogP contribution in [0.3, 0.4) is 0 Å². The van der Waals surface area contributed by atoms with Gasteiger partial charge in [0.1, 0.15) is 0 Å². The molecule has 0 atom stereocenters. The summed E-state index contributed by atoms with van der Waals surface area (Å²) in [5, 5.41) is 14.7. The smallest absolute Gasteiger partial charge is 0.331 e. The first-order valence-corrected chi connectivity index (χ1v) is 4.92. The number of hydrogen-bond acceptors (Lipinski definition) is 6. The third-order valence-electron chi connectivity index (χ3n) is 2.00. The summed E-state index contributed by atoms with van der Waals surface area (Å²) in [5.41, 5.74) is -0.374. The van der Waals surface area contributed by atoms with Crippen LogP contribution in [-0.4, -0.2) is 25.7 Å². The van der Waals surface area contributed by atoms with Crippen molar-refractivity contribution in [3.05, 3.63) is 40.7 Å². The molecule has 0 radical (unpaired) electrons. The molecule has 0 aliphatic carbocycles. The number of nitrogens with zero attached hydrogens (tertiary/aromatic N) is 4. The predicted octanol–water partition coefficient (Wildman–Crippen LogP) is 1.10. The van der Waals surface area contributed by atoms with Crippen LogP contribution >= 0.6 is 0 Å². The van der Waals surface area contributed by atoms with E-state index in [-0.39, 0.29) is 11.6 Å². The Kier molecular flexibility index (Phi) is 3.00. The van der Waals surface area contributed by atoms with Crippen molar-refractivity contribution in [3.63, 3.8) is 0 Å². The number of carbonyl (C=O) groups is 1. The Balaban J connectivity index is 2.48. The fraction of sp³-hybridized carbons (Fsp3) is 0.100. The van der Waals surface area contributed by atoms with Gasteiger partial charge >= 0.3 is 17.5 Å². The van der Waals surface area contributed by atoms with Crippen LogP contribution in [-0.2, 0) is 4.79 Å². The number of pyridine rings is 1. The van der Waals surface area contributed by atoms with Gasteiger partial charge in [-0.15, -0.1) is 0 Å². The van der Waals surface area contributed by atoms with Gasteiger partial charge in [-0.05, 0) is 12.1 Å². The Bertz CT molecular complexity index is 594. The summed E-state index contributed by atoms with van der Waals surface area (Å²) in [6, 6.07) is 4.30. The topological polar surface area (TPSA) is 100 Å². The molecule has 0 saturated heterocycles. The SMILES string of the molecule is CC(=O)Oc1nc(-n2cccn2)ccc1[N+](=O)[O-]. The molecule has 2 aromatic heterocycles. The van der Waals surface area contributed by atoms with E-state index in [2.05, 4.69) is 10.1 Å². The number of ether oxygens (including phenoxy) is 1. The molecule has 2 aromatic rings. The highest BCUT2D eigenvalue weighted by Crippen LogP contribution is 2.25. The van der Waals surface area contributed by atoms with Crippen LogP contribution in [0.1, 0.15) is 6.92 Å². The molecule has 18 heavy (non-hydrogen) atoms. The molecule has 8 heteroatoms. The third kappa shape index (κ3) is 2.32. The second-order valence-corrected chi connectivity index (χ2v) is 3.30. The molecule has 92 valence electrons. The molecule has 0 spiro atoms. The maximum Gasteiger partial charge on any atom is 0.331 e. The number of hydrogen-bond donors (Lipinski definition) is 0. The monoisotopic (exact) mass is 248 g/mol. The molecule has 0 N–H and O–H groups in total. The molecule has 0 saturated carbocycles. The van der Waals surface area contributed by atoms with Gasteiger partial charge < -0.3 is 4.74 Å². The number of esters is 1. The van der Waals surface area contributed by atoms with E-state index in [0.29, 0.717) is 5.82 Å². The molecule has 0 aromatic carbocycles. The zero-order valence-corrected chi connectivity index (χ0v) is 9.31. The first-order chi connectivity index (χ1) is 8.58. The molecule has 0 bridgehead atoms. The number of carbonyl (C=O) groups excluding carboxylic acids is 1. The van der Waals surface area contributed by atoms with Crippen LogP contribution in [0.2, 0.25) is 0 Å². The number of nitro groups is 1. The Hall–Kier alpha value is -2.77. The normalized spacial score (nSPS) is 10.1. The molecule has 0 aliphatic heterocycles. The number of rotatable bonds is 3. The van der Waals surface area contributed by atoms with Gasteiger partial charge in [0, 0.05) is 25.4 Å². The molecule has 2 rings (SSSR count). The van der Waals surface area contributed by atoms with Crippen molar-refractivity contribution in [3.8, 4) is 11.7 Å². The van der Waals surface area contributed by atoms with E-state index in [0.717, 1.165) is 6.92 Å². The van der Waals surface area contributed by atoms with Crippen LogP contribution in [0.15, 0.2) is 30.6 Å². The summed E-state index contributed by atoms with van der Waals surface area (Å²) in [6.07, 6.45) is 3.15. The van der Waals surface area contributed by atoms with E-state index in [1.807, 2.05) is 0 Å². The third-order valence-corrected chi connectivity index (χ3v) is 2.00. The van der Waals surface area contributed by atoms with Crippen molar-refractivity contribution < 1.29 is 14.5 Å². The fourth-order valence-electron chi connectivity index (χ4n) is 1.31. The van der Waals surface area contributed by atoms with Gasteiger partial charge in [0.25, 0.3) is 0 Å². The lowest BCUT2D eigenvalue weighted by Crippen LogP contribution is -2.08. The maximum atomic E-state index is 10.9. The average Bonchev–Trinajstić information content (AvgIpc) is 2.81. The van der Waals surface area contributed by atoms with E-state index in [9.17, 15) is 14.9 Å². The van der Waals surface area contributed by atoms with Crippen molar-refractivity contribution >= 4 is 11.7 Å². The standard InChI is InChI=1S/C10H8N4O4/c1-7(15)18-10-8(14(16)17)3-4-9(12-10)13-6-2-5-11-13/h2-6H,1H3. The molecular weight excluding hydrogens is 240 g/mol. The predicted molar refractivity (Wildman–Crippen MR) is 59.3 cm³/mol. The van der Waals surface area contributed by atoms with Crippen LogP contribution in [0.5, 0.6) is 5.88 Å². The van der Waals surface area contributed by atoms with Crippen molar-refractivity contribution in [2.75, 3.05) is 0 Å². The zero-order chi connectivity index (χ0) is 13.1. The minimum atomic E-state index is -0.678. The van der Waals surface area contributed by atoms with Crippen LogP contribution in [0.4, 0.5) is 5.69 Å². The molecule has 0 unspecified atom stereocenters. The summed E-state index contributed by atoms with van der Waals surface area (Å²) in [7, 11) is 0. The first-order valence-electron chi connectivity index (χ1n) is 4.92. The highest BCUT2D eigenvalue weighted by molar-refractivity contribution is 5.70. The van der Waals surface area contributed by atoms with E-state index >= 15 is 0 Å². The van der Waals surface area contributed by atoms with Gasteiger partial charge in [0.2, 0.25) is 0 Å². The minimum absolute atomic E-state index is 0.321. The second-order valence-electron chi connectivity index (χ2n) is 3.30. The van der Waals surface area contributed by atoms with Crippen molar-refractivity contribution in [2.24, 2.45) is 0 Å². The van der Waals surface area contributed by atoms with Gasteiger partial charge in [0.05, 0.1) is 4.92 Å². The zero-order valence-electron chi connectivity index (χ0n) is 9.31. The molecule has 0 amide bonds. The lowest BCUT2D eigenvalue weighted by molar-refractivity contribution is -0.386. The Labute approximate surface area is 101 Å². The van der Waals surface area contributed by atoms with Gasteiger partial charge in [-0.3, -0.25) is 14.9 Å². The summed E-state index contributed by atoms with van der Waals surface area (Å²) >= 11 is 0. The van der Waals surface area contributed by atoms with E-state index in [4.69, 9.17) is 4.74 Å². The summed E-state index contributed by atoms with van der Waals surface area (Å²) in [6.45, 7) is 1.14. The van der Waals surface area contributed by atoms with Crippen LogP contribution < -0.4 is 4.74 Å². The maximum absolute atomic E-state index is 10.9. The first kappa shape index (κ1) is 11.7. The highest BCUT2D eigenvalue weighted by Gasteiger charge is 2.19. The van der Waals surface area contributed by atoms with E-state index < -0.39 is 10.9 Å². The Morgan fingerprint density at radius 1 is 1.50 bits per heavy atom.